The number of aromatic nitrogens is 1. The molecule has 0 aliphatic heterocycles. The molecular formula is C14H22N2O3. The van der Waals surface area contributed by atoms with Gasteiger partial charge in [-0.3, -0.25) is 9.59 Å². The van der Waals surface area contributed by atoms with E-state index in [1.165, 1.54) is 0 Å². The first-order valence-corrected chi connectivity index (χ1v) is 6.30. The molecule has 0 radical (unpaired) electrons. The first kappa shape index (κ1) is 15.3. The van der Waals surface area contributed by atoms with Crippen LogP contribution < -0.4 is 0 Å². The summed E-state index contributed by atoms with van der Waals surface area (Å²) in [6.07, 6.45) is -0.0492. The summed E-state index contributed by atoms with van der Waals surface area (Å²) in [7, 11) is 1.83. The molecule has 0 aliphatic rings. The van der Waals surface area contributed by atoms with Crippen LogP contribution in [0.4, 0.5) is 0 Å². The Morgan fingerprint density at radius 3 is 2.26 bits per heavy atom. The standard InChI is InChI=1S/C14H22N2O3/c1-10-6-7-11(15(10)5)13(19)16(14(2,3)4)9-8-12(17)18/h6-7H,8-9H2,1-5H3,(H,17,18). The highest BCUT2D eigenvalue weighted by atomic mass is 16.4. The first-order valence-electron chi connectivity index (χ1n) is 6.30. The normalized spacial score (nSPS) is 11.4. The minimum absolute atomic E-state index is 0.0492. The van der Waals surface area contributed by atoms with Gasteiger partial charge in [0, 0.05) is 24.8 Å². The van der Waals surface area contributed by atoms with E-state index in [1.54, 1.807) is 11.0 Å². The fraction of sp³-hybridized carbons (Fsp3) is 0.571. The molecule has 1 rings (SSSR count). The monoisotopic (exact) mass is 266 g/mol. The zero-order chi connectivity index (χ0) is 14.8. The van der Waals surface area contributed by atoms with Gasteiger partial charge in [0.2, 0.25) is 0 Å². The smallest absolute Gasteiger partial charge is 0.305 e. The molecule has 1 heterocycles. The number of carboxylic acid groups (broad SMARTS) is 1. The minimum atomic E-state index is -0.898. The van der Waals surface area contributed by atoms with Gasteiger partial charge in [-0.05, 0) is 39.8 Å². The summed E-state index contributed by atoms with van der Waals surface area (Å²) in [6, 6.07) is 3.66. The van der Waals surface area contributed by atoms with Gasteiger partial charge in [0.05, 0.1) is 6.42 Å². The average molecular weight is 266 g/mol. The number of amides is 1. The number of carboxylic acids is 1. The van der Waals surface area contributed by atoms with Gasteiger partial charge in [0.15, 0.2) is 0 Å². The highest BCUT2D eigenvalue weighted by Gasteiger charge is 2.29. The lowest BCUT2D eigenvalue weighted by Crippen LogP contribution is -2.47. The van der Waals surface area contributed by atoms with Gasteiger partial charge >= 0.3 is 5.97 Å². The Labute approximate surface area is 113 Å². The van der Waals surface area contributed by atoms with Crippen LogP contribution in [-0.2, 0) is 11.8 Å². The van der Waals surface area contributed by atoms with E-state index in [0.29, 0.717) is 5.69 Å². The number of nitrogens with zero attached hydrogens (tertiary/aromatic N) is 2. The van der Waals surface area contributed by atoms with E-state index in [1.807, 2.05) is 45.4 Å². The number of hydrogen-bond donors (Lipinski definition) is 1. The van der Waals surface area contributed by atoms with E-state index >= 15 is 0 Å². The quantitative estimate of drug-likeness (QED) is 0.907. The van der Waals surface area contributed by atoms with Crippen LogP contribution in [0.3, 0.4) is 0 Å². The van der Waals surface area contributed by atoms with E-state index in [2.05, 4.69) is 0 Å². The average Bonchev–Trinajstić information content (AvgIpc) is 2.57. The second-order valence-electron chi connectivity index (χ2n) is 5.69. The molecule has 5 heteroatoms. The zero-order valence-corrected chi connectivity index (χ0v) is 12.2. The fourth-order valence-corrected chi connectivity index (χ4v) is 1.92. The molecule has 0 saturated heterocycles. The summed E-state index contributed by atoms with van der Waals surface area (Å²) in [5.74, 6) is -1.03. The van der Waals surface area contributed by atoms with Crippen molar-refractivity contribution in [1.29, 1.82) is 0 Å². The molecule has 0 saturated carbocycles. The van der Waals surface area contributed by atoms with Crippen molar-refractivity contribution in [3.8, 4) is 0 Å². The molecule has 0 aliphatic carbocycles. The number of aryl methyl sites for hydroxylation is 1. The second kappa shape index (κ2) is 5.47. The predicted molar refractivity (Wildman–Crippen MR) is 73.2 cm³/mol. The zero-order valence-electron chi connectivity index (χ0n) is 12.2. The molecule has 0 spiro atoms. The van der Waals surface area contributed by atoms with E-state index < -0.39 is 11.5 Å². The van der Waals surface area contributed by atoms with Gasteiger partial charge in [-0.25, -0.2) is 0 Å². The van der Waals surface area contributed by atoms with Crippen molar-refractivity contribution in [2.24, 2.45) is 7.05 Å². The third-order valence-electron chi connectivity index (χ3n) is 3.20. The van der Waals surface area contributed by atoms with Gasteiger partial charge in [-0.15, -0.1) is 0 Å². The summed E-state index contributed by atoms with van der Waals surface area (Å²) in [5, 5.41) is 8.80. The van der Waals surface area contributed by atoms with Crippen LogP contribution in [-0.4, -0.2) is 38.5 Å². The van der Waals surface area contributed by atoms with E-state index in [4.69, 9.17) is 5.11 Å². The maximum Gasteiger partial charge on any atom is 0.305 e. The maximum atomic E-state index is 12.6. The van der Waals surface area contributed by atoms with Crippen molar-refractivity contribution in [3.63, 3.8) is 0 Å². The number of hydrogen-bond acceptors (Lipinski definition) is 2. The van der Waals surface area contributed by atoms with Gasteiger partial charge in [0.1, 0.15) is 5.69 Å². The van der Waals surface area contributed by atoms with Crippen LogP contribution in [0.1, 0.15) is 43.4 Å². The summed E-state index contributed by atoms with van der Waals surface area (Å²) in [6.45, 7) is 7.85. The molecule has 0 unspecified atom stereocenters. The Bertz CT molecular complexity index is 483. The van der Waals surface area contributed by atoms with Crippen molar-refractivity contribution in [3.05, 3.63) is 23.5 Å². The molecule has 1 N–H and O–H groups in total. The van der Waals surface area contributed by atoms with Crippen molar-refractivity contribution in [2.75, 3.05) is 6.54 Å². The maximum absolute atomic E-state index is 12.6. The largest absolute Gasteiger partial charge is 0.481 e. The molecule has 0 bridgehead atoms. The molecule has 1 aromatic heterocycles. The Morgan fingerprint density at radius 2 is 1.89 bits per heavy atom. The van der Waals surface area contributed by atoms with Gasteiger partial charge in [-0.1, -0.05) is 0 Å². The van der Waals surface area contributed by atoms with Crippen LogP contribution in [0.15, 0.2) is 12.1 Å². The van der Waals surface area contributed by atoms with Crippen molar-refractivity contribution in [2.45, 2.75) is 39.7 Å². The van der Waals surface area contributed by atoms with Crippen molar-refractivity contribution in [1.82, 2.24) is 9.47 Å². The van der Waals surface area contributed by atoms with Crippen molar-refractivity contribution < 1.29 is 14.7 Å². The lowest BCUT2D eigenvalue weighted by molar-refractivity contribution is -0.137. The molecular weight excluding hydrogens is 244 g/mol. The Kier molecular flexibility index (Phi) is 4.39. The molecule has 1 amide bonds. The Hall–Kier alpha value is -1.78. The third kappa shape index (κ3) is 3.59. The van der Waals surface area contributed by atoms with E-state index in [9.17, 15) is 9.59 Å². The van der Waals surface area contributed by atoms with Crippen LogP contribution in [0.5, 0.6) is 0 Å². The van der Waals surface area contributed by atoms with Gasteiger partial charge < -0.3 is 14.6 Å². The topological polar surface area (TPSA) is 62.5 Å². The van der Waals surface area contributed by atoms with Crippen LogP contribution in [0.25, 0.3) is 0 Å². The van der Waals surface area contributed by atoms with E-state index in [-0.39, 0.29) is 18.9 Å². The number of rotatable bonds is 4. The predicted octanol–water partition coefficient (Wildman–Crippen LogP) is 2.05. The Morgan fingerprint density at radius 1 is 1.32 bits per heavy atom. The van der Waals surface area contributed by atoms with Gasteiger partial charge in [0.25, 0.3) is 5.91 Å². The highest BCUT2D eigenvalue weighted by molar-refractivity contribution is 5.93. The molecule has 0 atom stereocenters. The van der Waals surface area contributed by atoms with Crippen LogP contribution >= 0.6 is 0 Å². The summed E-state index contributed by atoms with van der Waals surface area (Å²) in [4.78, 5) is 24.9. The second-order valence-corrected chi connectivity index (χ2v) is 5.69. The lowest BCUT2D eigenvalue weighted by Gasteiger charge is -2.35. The molecule has 106 valence electrons. The Balaban J connectivity index is 3.01. The first-order chi connectivity index (χ1) is 8.64. The fourth-order valence-electron chi connectivity index (χ4n) is 1.92. The molecule has 19 heavy (non-hydrogen) atoms. The van der Waals surface area contributed by atoms with Crippen molar-refractivity contribution >= 4 is 11.9 Å². The summed E-state index contributed by atoms with van der Waals surface area (Å²) < 4.78 is 1.82. The minimum Gasteiger partial charge on any atom is -0.481 e. The summed E-state index contributed by atoms with van der Waals surface area (Å²) >= 11 is 0. The van der Waals surface area contributed by atoms with Crippen LogP contribution in [0.2, 0.25) is 0 Å². The number of aliphatic carboxylic acids is 1. The molecule has 5 nitrogen and oxygen atoms in total. The summed E-state index contributed by atoms with van der Waals surface area (Å²) in [5.41, 5.74) is 1.17. The van der Waals surface area contributed by atoms with Gasteiger partial charge in [-0.2, -0.15) is 0 Å². The van der Waals surface area contributed by atoms with E-state index in [0.717, 1.165) is 5.69 Å². The molecule has 0 aromatic carbocycles. The van der Waals surface area contributed by atoms with Crippen LogP contribution in [0, 0.1) is 6.92 Å². The third-order valence-corrected chi connectivity index (χ3v) is 3.20. The lowest BCUT2D eigenvalue weighted by atomic mass is 10.0. The SMILES string of the molecule is Cc1ccc(C(=O)N(CCC(=O)O)C(C)(C)C)n1C. The molecule has 0 fully saturated rings. The molecule has 1 aromatic rings. The highest BCUT2D eigenvalue weighted by Crippen LogP contribution is 2.19. The number of carbonyl (C=O) groups is 2. The number of carbonyl (C=O) groups excluding carboxylic acids is 1.